The molecule has 1 amide bonds. The fourth-order valence-corrected chi connectivity index (χ4v) is 2.42. The molecule has 0 saturated heterocycles. The van der Waals surface area contributed by atoms with Crippen LogP contribution in [0, 0.1) is 0 Å². The highest BCUT2D eigenvalue weighted by atomic mass is 16.5. The lowest BCUT2D eigenvalue weighted by molar-refractivity contribution is -0.140. The molecule has 0 bridgehead atoms. The summed E-state index contributed by atoms with van der Waals surface area (Å²) in [6, 6.07) is 8.98. The zero-order chi connectivity index (χ0) is 17.0. The molecular weight excluding hydrogens is 298 g/mol. The van der Waals surface area contributed by atoms with E-state index in [0.717, 1.165) is 0 Å². The standard InChI is InChI=1S/C17H19NO5/c1-4-22-17(21)15-11(2)23-14(16(15)20)10-18(12(3)19)13-8-6-5-7-9-13/h5-9,14H,4,10H2,1-3H3. The molecule has 2 rings (SSSR count). The highest BCUT2D eigenvalue weighted by molar-refractivity contribution is 6.21. The molecule has 23 heavy (non-hydrogen) atoms. The van der Waals surface area contributed by atoms with E-state index in [1.807, 2.05) is 6.07 Å². The second-order valence-corrected chi connectivity index (χ2v) is 5.09. The van der Waals surface area contributed by atoms with Gasteiger partial charge in [0.05, 0.1) is 13.2 Å². The molecule has 0 aliphatic carbocycles. The number of para-hydroxylation sites is 1. The third-order valence-corrected chi connectivity index (χ3v) is 3.49. The van der Waals surface area contributed by atoms with Crippen molar-refractivity contribution in [1.82, 2.24) is 0 Å². The van der Waals surface area contributed by atoms with Crippen LogP contribution in [0.3, 0.4) is 0 Å². The Labute approximate surface area is 134 Å². The molecular formula is C17H19NO5. The zero-order valence-corrected chi connectivity index (χ0v) is 13.4. The Morgan fingerprint density at radius 2 is 1.91 bits per heavy atom. The zero-order valence-electron chi connectivity index (χ0n) is 13.4. The average molecular weight is 317 g/mol. The largest absolute Gasteiger partial charge is 0.484 e. The summed E-state index contributed by atoms with van der Waals surface area (Å²) < 4.78 is 10.4. The van der Waals surface area contributed by atoms with Crippen LogP contribution >= 0.6 is 0 Å². The molecule has 6 nitrogen and oxygen atoms in total. The van der Waals surface area contributed by atoms with Crippen molar-refractivity contribution in [3.8, 4) is 0 Å². The van der Waals surface area contributed by atoms with Gasteiger partial charge in [0, 0.05) is 12.6 Å². The number of esters is 1. The number of rotatable bonds is 5. The van der Waals surface area contributed by atoms with E-state index in [4.69, 9.17) is 9.47 Å². The Bertz CT molecular complexity index is 650. The summed E-state index contributed by atoms with van der Waals surface area (Å²) in [5.74, 6) is -1.13. The number of ketones is 1. The summed E-state index contributed by atoms with van der Waals surface area (Å²) >= 11 is 0. The molecule has 0 spiro atoms. The Morgan fingerprint density at radius 1 is 1.26 bits per heavy atom. The van der Waals surface area contributed by atoms with Gasteiger partial charge in [0.15, 0.2) is 6.10 Å². The maximum atomic E-state index is 12.4. The van der Waals surface area contributed by atoms with Crippen LogP contribution in [0.4, 0.5) is 5.69 Å². The summed E-state index contributed by atoms with van der Waals surface area (Å²) in [5, 5.41) is 0. The molecule has 6 heteroatoms. The Balaban J connectivity index is 2.16. The Morgan fingerprint density at radius 3 is 2.48 bits per heavy atom. The van der Waals surface area contributed by atoms with Gasteiger partial charge >= 0.3 is 5.97 Å². The van der Waals surface area contributed by atoms with Crippen molar-refractivity contribution in [2.75, 3.05) is 18.1 Å². The van der Waals surface area contributed by atoms with Crippen molar-refractivity contribution in [2.24, 2.45) is 0 Å². The number of amides is 1. The minimum absolute atomic E-state index is 0.0401. The first-order valence-electron chi connectivity index (χ1n) is 7.37. The van der Waals surface area contributed by atoms with Crippen molar-refractivity contribution in [3.63, 3.8) is 0 Å². The number of carbonyl (C=O) groups is 3. The van der Waals surface area contributed by atoms with Gasteiger partial charge in [-0.25, -0.2) is 4.79 Å². The summed E-state index contributed by atoms with van der Waals surface area (Å²) in [4.78, 5) is 37.6. The number of carbonyl (C=O) groups excluding carboxylic acids is 3. The number of anilines is 1. The molecule has 0 aromatic heterocycles. The minimum atomic E-state index is -0.904. The van der Waals surface area contributed by atoms with E-state index in [1.165, 1.54) is 11.8 Å². The quantitative estimate of drug-likeness (QED) is 0.612. The van der Waals surface area contributed by atoms with Crippen LogP contribution < -0.4 is 4.90 Å². The molecule has 1 atom stereocenters. The minimum Gasteiger partial charge on any atom is -0.484 e. The van der Waals surface area contributed by atoms with Crippen molar-refractivity contribution in [3.05, 3.63) is 41.7 Å². The van der Waals surface area contributed by atoms with Gasteiger partial charge in [-0.3, -0.25) is 9.59 Å². The number of benzene rings is 1. The van der Waals surface area contributed by atoms with E-state index in [-0.39, 0.29) is 30.4 Å². The third-order valence-electron chi connectivity index (χ3n) is 3.49. The predicted octanol–water partition coefficient (Wildman–Crippen LogP) is 1.84. The molecule has 1 aromatic rings. The maximum Gasteiger partial charge on any atom is 0.345 e. The number of nitrogens with zero attached hydrogens (tertiary/aromatic N) is 1. The first kappa shape index (κ1) is 16.7. The van der Waals surface area contributed by atoms with E-state index in [9.17, 15) is 14.4 Å². The van der Waals surface area contributed by atoms with Crippen LogP contribution in [0.15, 0.2) is 41.7 Å². The lowest BCUT2D eigenvalue weighted by Gasteiger charge is -2.24. The van der Waals surface area contributed by atoms with Crippen LogP contribution in [-0.2, 0) is 23.9 Å². The Kier molecular flexibility index (Phi) is 5.16. The van der Waals surface area contributed by atoms with Crippen molar-refractivity contribution in [1.29, 1.82) is 0 Å². The number of Topliss-reactive ketones (excluding diaryl/α,β-unsaturated/α-hetero) is 1. The van der Waals surface area contributed by atoms with Gasteiger partial charge in [-0.1, -0.05) is 18.2 Å². The monoisotopic (exact) mass is 317 g/mol. The molecule has 1 aliphatic rings. The SMILES string of the molecule is CCOC(=O)C1=C(C)OC(CN(C(C)=O)c2ccccc2)C1=O. The predicted molar refractivity (Wildman–Crippen MR) is 83.7 cm³/mol. The number of hydrogen-bond donors (Lipinski definition) is 0. The van der Waals surface area contributed by atoms with Gasteiger partial charge in [-0.05, 0) is 26.0 Å². The lowest BCUT2D eigenvalue weighted by Crippen LogP contribution is -2.39. The number of hydrogen-bond acceptors (Lipinski definition) is 5. The Hall–Kier alpha value is -2.63. The molecule has 1 aliphatic heterocycles. The maximum absolute atomic E-state index is 12.4. The number of allylic oxidation sites excluding steroid dienone is 1. The molecule has 0 N–H and O–H groups in total. The second-order valence-electron chi connectivity index (χ2n) is 5.09. The van der Waals surface area contributed by atoms with E-state index < -0.39 is 17.9 Å². The van der Waals surface area contributed by atoms with Gasteiger partial charge in [-0.2, -0.15) is 0 Å². The van der Waals surface area contributed by atoms with Crippen molar-refractivity contribution >= 4 is 23.3 Å². The van der Waals surface area contributed by atoms with Crippen molar-refractivity contribution in [2.45, 2.75) is 26.9 Å². The van der Waals surface area contributed by atoms with Crippen LogP contribution in [0.1, 0.15) is 20.8 Å². The summed E-state index contributed by atoms with van der Waals surface area (Å²) in [5.41, 5.74) is 0.590. The van der Waals surface area contributed by atoms with E-state index in [1.54, 1.807) is 38.1 Å². The molecule has 1 unspecified atom stereocenters. The molecule has 1 heterocycles. The molecule has 122 valence electrons. The van der Waals surface area contributed by atoms with Crippen molar-refractivity contribution < 1.29 is 23.9 Å². The average Bonchev–Trinajstić information content (AvgIpc) is 2.79. The molecule has 0 radical (unpaired) electrons. The first-order valence-corrected chi connectivity index (χ1v) is 7.37. The molecule has 1 aromatic carbocycles. The fourth-order valence-electron chi connectivity index (χ4n) is 2.42. The van der Waals surface area contributed by atoms with E-state index in [2.05, 4.69) is 0 Å². The van der Waals surface area contributed by atoms with Crippen LogP contribution in [0.25, 0.3) is 0 Å². The van der Waals surface area contributed by atoms with Crippen LogP contribution in [-0.4, -0.2) is 36.9 Å². The molecule has 0 saturated carbocycles. The van der Waals surface area contributed by atoms with E-state index in [0.29, 0.717) is 5.69 Å². The van der Waals surface area contributed by atoms with Gasteiger partial charge < -0.3 is 14.4 Å². The topological polar surface area (TPSA) is 72.9 Å². The van der Waals surface area contributed by atoms with Crippen LogP contribution in [0.5, 0.6) is 0 Å². The van der Waals surface area contributed by atoms with Gasteiger partial charge in [-0.15, -0.1) is 0 Å². The highest BCUT2D eigenvalue weighted by Crippen LogP contribution is 2.25. The fraction of sp³-hybridized carbons (Fsp3) is 0.353. The van der Waals surface area contributed by atoms with Gasteiger partial charge in [0.25, 0.3) is 0 Å². The normalized spacial score (nSPS) is 17.0. The summed E-state index contributed by atoms with van der Waals surface area (Å²) in [6.07, 6.45) is -0.904. The smallest absolute Gasteiger partial charge is 0.345 e. The molecule has 0 fully saturated rings. The summed E-state index contributed by atoms with van der Waals surface area (Å²) in [7, 11) is 0. The second kappa shape index (κ2) is 7.09. The lowest BCUT2D eigenvalue weighted by atomic mass is 10.1. The van der Waals surface area contributed by atoms with E-state index >= 15 is 0 Å². The van der Waals surface area contributed by atoms with Gasteiger partial charge in [0.2, 0.25) is 11.7 Å². The highest BCUT2D eigenvalue weighted by Gasteiger charge is 2.39. The number of ether oxygens (including phenoxy) is 2. The van der Waals surface area contributed by atoms with Gasteiger partial charge in [0.1, 0.15) is 11.3 Å². The summed E-state index contributed by atoms with van der Waals surface area (Å²) in [6.45, 7) is 4.85. The third kappa shape index (κ3) is 3.59. The van der Waals surface area contributed by atoms with Crippen LogP contribution in [0.2, 0.25) is 0 Å². The first-order chi connectivity index (χ1) is 11.0.